The van der Waals surface area contributed by atoms with Gasteiger partial charge >= 0.3 is 6.18 Å². The van der Waals surface area contributed by atoms with E-state index in [1.54, 1.807) is 0 Å². The molecule has 0 aromatic carbocycles. The first-order valence-corrected chi connectivity index (χ1v) is 7.77. The number of likely N-dealkylation sites (tertiary alicyclic amines) is 1. The van der Waals surface area contributed by atoms with Gasteiger partial charge in [0.2, 0.25) is 5.91 Å². The molecule has 5 nitrogen and oxygen atoms in total. The molecule has 2 aliphatic rings. The van der Waals surface area contributed by atoms with Crippen LogP contribution in [0.3, 0.4) is 0 Å². The lowest BCUT2D eigenvalue weighted by Gasteiger charge is -2.32. The van der Waals surface area contributed by atoms with Gasteiger partial charge in [-0.2, -0.15) is 13.2 Å². The summed E-state index contributed by atoms with van der Waals surface area (Å²) in [6, 6.07) is 0.533. The number of nitrogens with zero attached hydrogens (tertiary/aromatic N) is 3. The highest BCUT2D eigenvalue weighted by Crippen LogP contribution is 2.32. The second-order valence-electron chi connectivity index (χ2n) is 6.31. The van der Waals surface area contributed by atoms with Crippen molar-refractivity contribution in [3.05, 3.63) is 28.4 Å². The minimum atomic E-state index is -4.60. The summed E-state index contributed by atoms with van der Waals surface area (Å²) in [7, 11) is 0. The van der Waals surface area contributed by atoms with Gasteiger partial charge in [0.15, 0.2) is 5.69 Å². The summed E-state index contributed by atoms with van der Waals surface area (Å²) in [5.74, 6) is 0.597. The first-order valence-electron chi connectivity index (χ1n) is 7.77. The summed E-state index contributed by atoms with van der Waals surface area (Å²) in [4.78, 5) is 28.9. The van der Waals surface area contributed by atoms with Gasteiger partial charge in [-0.25, -0.2) is 4.98 Å². The van der Waals surface area contributed by atoms with Crippen molar-refractivity contribution >= 4 is 5.91 Å². The van der Waals surface area contributed by atoms with Gasteiger partial charge in [-0.1, -0.05) is 0 Å². The third-order valence-electron chi connectivity index (χ3n) is 4.48. The number of hydrogen-bond acceptors (Lipinski definition) is 3. The summed E-state index contributed by atoms with van der Waals surface area (Å²) < 4.78 is 38.7. The quantitative estimate of drug-likeness (QED) is 0.851. The Labute approximate surface area is 131 Å². The van der Waals surface area contributed by atoms with E-state index in [4.69, 9.17) is 0 Å². The van der Waals surface area contributed by atoms with Crippen molar-refractivity contribution < 1.29 is 18.0 Å². The molecule has 1 aliphatic carbocycles. The lowest BCUT2D eigenvalue weighted by atomic mass is 9.96. The summed E-state index contributed by atoms with van der Waals surface area (Å²) in [6.07, 6.45) is -0.172. The number of alkyl halides is 3. The van der Waals surface area contributed by atoms with E-state index in [0.717, 1.165) is 32.0 Å². The number of hydrogen-bond donors (Lipinski definition) is 0. The van der Waals surface area contributed by atoms with Crippen molar-refractivity contribution in [2.45, 2.75) is 38.4 Å². The van der Waals surface area contributed by atoms with Crippen LogP contribution >= 0.6 is 0 Å². The van der Waals surface area contributed by atoms with Gasteiger partial charge in [0.05, 0.1) is 6.33 Å². The number of carbonyl (C=O) groups excluding carboxylic acids is 1. The number of aromatic nitrogens is 2. The van der Waals surface area contributed by atoms with Crippen LogP contribution in [-0.2, 0) is 17.5 Å². The van der Waals surface area contributed by atoms with E-state index in [2.05, 4.69) is 4.98 Å². The van der Waals surface area contributed by atoms with Crippen LogP contribution in [0.1, 0.15) is 31.4 Å². The zero-order valence-corrected chi connectivity index (χ0v) is 12.6. The predicted molar refractivity (Wildman–Crippen MR) is 75.5 cm³/mol. The number of halogens is 3. The average Bonchev–Trinajstić information content (AvgIpc) is 3.33. The maximum atomic E-state index is 12.5. The van der Waals surface area contributed by atoms with Gasteiger partial charge in [0, 0.05) is 31.6 Å². The van der Waals surface area contributed by atoms with Gasteiger partial charge in [0.1, 0.15) is 0 Å². The molecule has 1 saturated carbocycles. The monoisotopic (exact) mass is 329 g/mol. The van der Waals surface area contributed by atoms with Crippen LogP contribution in [0.5, 0.6) is 0 Å². The van der Waals surface area contributed by atoms with E-state index in [9.17, 15) is 22.8 Å². The van der Waals surface area contributed by atoms with Crippen molar-refractivity contribution in [2.75, 3.05) is 13.1 Å². The van der Waals surface area contributed by atoms with Gasteiger partial charge in [0.25, 0.3) is 5.56 Å². The molecule has 0 unspecified atom stereocenters. The third-order valence-corrected chi connectivity index (χ3v) is 4.48. The maximum absolute atomic E-state index is 12.5. The molecular formula is C15H18F3N3O2. The van der Waals surface area contributed by atoms with Crippen LogP contribution in [0.25, 0.3) is 0 Å². The van der Waals surface area contributed by atoms with Crippen LogP contribution in [-0.4, -0.2) is 33.4 Å². The smallest absolute Gasteiger partial charge is 0.342 e. The largest absolute Gasteiger partial charge is 0.433 e. The van der Waals surface area contributed by atoms with Crippen LogP contribution in [0.2, 0.25) is 0 Å². The molecule has 0 radical (unpaired) electrons. The Morgan fingerprint density at radius 3 is 2.39 bits per heavy atom. The van der Waals surface area contributed by atoms with Gasteiger partial charge < -0.3 is 4.90 Å². The maximum Gasteiger partial charge on any atom is 0.433 e. The van der Waals surface area contributed by atoms with Crippen molar-refractivity contribution in [1.82, 2.24) is 14.5 Å². The highest BCUT2D eigenvalue weighted by atomic mass is 19.4. The zero-order chi connectivity index (χ0) is 16.6. The molecule has 3 rings (SSSR count). The molecule has 1 aromatic heterocycles. The van der Waals surface area contributed by atoms with E-state index in [0.29, 0.717) is 25.7 Å². The summed E-state index contributed by atoms with van der Waals surface area (Å²) >= 11 is 0. The van der Waals surface area contributed by atoms with Crippen molar-refractivity contribution in [2.24, 2.45) is 11.8 Å². The van der Waals surface area contributed by atoms with Gasteiger partial charge in [-0.15, -0.1) is 0 Å². The van der Waals surface area contributed by atoms with Crippen LogP contribution in [0.15, 0.2) is 17.2 Å². The molecule has 2 fully saturated rings. The Morgan fingerprint density at radius 1 is 1.22 bits per heavy atom. The number of carbonyl (C=O) groups is 1. The molecular weight excluding hydrogens is 311 g/mol. The number of piperidine rings is 1. The molecule has 1 saturated heterocycles. The summed E-state index contributed by atoms with van der Waals surface area (Å²) in [5.41, 5.74) is -1.85. The van der Waals surface area contributed by atoms with Crippen LogP contribution < -0.4 is 5.56 Å². The molecule has 0 N–H and O–H groups in total. The Morgan fingerprint density at radius 2 is 1.87 bits per heavy atom. The zero-order valence-electron chi connectivity index (χ0n) is 12.6. The Balaban J connectivity index is 1.58. The molecule has 0 spiro atoms. The Bertz CT molecular complexity index is 644. The van der Waals surface area contributed by atoms with Crippen LogP contribution in [0, 0.1) is 11.8 Å². The van der Waals surface area contributed by atoms with E-state index >= 15 is 0 Å². The van der Waals surface area contributed by atoms with Gasteiger partial charge in [-0.3, -0.25) is 14.2 Å². The van der Waals surface area contributed by atoms with E-state index in [1.165, 1.54) is 4.57 Å². The summed E-state index contributed by atoms with van der Waals surface area (Å²) in [5, 5.41) is 0. The van der Waals surface area contributed by atoms with E-state index in [1.807, 2.05) is 4.90 Å². The highest BCUT2D eigenvalue weighted by Gasteiger charge is 2.35. The molecule has 1 amide bonds. The second-order valence-corrected chi connectivity index (χ2v) is 6.31. The lowest BCUT2D eigenvalue weighted by Crippen LogP contribution is -2.40. The van der Waals surface area contributed by atoms with Crippen molar-refractivity contribution in [3.8, 4) is 0 Å². The molecule has 126 valence electrons. The van der Waals surface area contributed by atoms with Gasteiger partial charge in [-0.05, 0) is 31.6 Å². The Kier molecular flexibility index (Phi) is 4.16. The highest BCUT2D eigenvalue weighted by molar-refractivity contribution is 5.81. The predicted octanol–water partition coefficient (Wildman–Crippen LogP) is 1.91. The molecule has 0 atom stereocenters. The summed E-state index contributed by atoms with van der Waals surface area (Å²) in [6.45, 7) is 1.65. The number of rotatable bonds is 3. The molecule has 1 aliphatic heterocycles. The molecule has 2 heterocycles. The SMILES string of the molecule is O=C(C1CC1)N1CCC(Cn2cnc(C(F)(F)F)cc2=O)CC1. The van der Waals surface area contributed by atoms with Crippen LogP contribution in [0.4, 0.5) is 13.2 Å². The molecule has 1 aromatic rings. The van der Waals surface area contributed by atoms with E-state index in [-0.39, 0.29) is 17.7 Å². The fourth-order valence-corrected chi connectivity index (χ4v) is 2.92. The second kappa shape index (κ2) is 5.98. The fourth-order valence-electron chi connectivity index (χ4n) is 2.92. The van der Waals surface area contributed by atoms with Crippen molar-refractivity contribution in [1.29, 1.82) is 0 Å². The molecule has 8 heteroatoms. The number of amides is 1. The molecule has 0 bridgehead atoms. The minimum Gasteiger partial charge on any atom is -0.342 e. The standard InChI is InChI=1S/C15H18F3N3O2/c16-15(17,18)12-7-13(22)21(9-19-12)8-10-3-5-20(6-4-10)14(23)11-1-2-11/h7,9-11H,1-6,8H2. The fraction of sp³-hybridized carbons (Fsp3) is 0.667. The third kappa shape index (κ3) is 3.73. The average molecular weight is 329 g/mol. The first kappa shape index (κ1) is 16.0. The normalized spacial score (nSPS) is 19.9. The molecule has 23 heavy (non-hydrogen) atoms. The Hall–Kier alpha value is -1.86. The topological polar surface area (TPSA) is 55.2 Å². The van der Waals surface area contributed by atoms with Crippen molar-refractivity contribution in [3.63, 3.8) is 0 Å². The minimum absolute atomic E-state index is 0.175. The van der Waals surface area contributed by atoms with E-state index < -0.39 is 17.4 Å². The first-order chi connectivity index (χ1) is 10.8. The lowest BCUT2D eigenvalue weighted by molar-refractivity contribution is -0.141.